The zero-order valence-corrected chi connectivity index (χ0v) is 13.1. The Labute approximate surface area is 113 Å². The Bertz CT molecular complexity index is 163. The van der Waals surface area contributed by atoms with E-state index in [2.05, 4.69) is 51.3 Å². The maximum absolute atomic E-state index is 5.77. The molecule has 0 aliphatic carbocycles. The lowest BCUT2D eigenvalue weighted by atomic mass is 10.4. The van der Waals surface area contributed by atoms with Crippen LogP contribution in [0.1, 0.15) is 41.5 Å². The summed E-state index contributed by atoms with van der Waals surface area (Å²) in [5.41, 5.74) is 0. The van der Waals surface area contributed by atoms with Crippen molar-refractivity contribution < 1.29 is 9.47 Å². The van der Waals surface area contributed by atoms with Crippen molar-refractivity contribution in [1.82, 2.24) is 9.80 Å². The van der Waals surface area contributed by atoms with Gasteiger partial charge in [-0.3, -0.25) is 9.80 Å². The second-order valence-corrected chi connectivity index (χ2v) is 4.38. The van der Waals surface area contributed by atoms with Gasteiger partial charge in [-0.25, -0.2) is 0 Å². The van der Waals surface area contributed by atoms with E-state index in [4.69, 9.17) is 9.47 Å². The van der Waals surface area contributed by atoms with Gasteiger partial charge in [-0.15, -0.1) is 0 Å². The van der Waals surface area contributed by atoms with Gasteiger partial charge in [0.2, 0.25) is 0 Å². The summed E-state index contributed by atoms with van der Waals surface area (Å²) < 4.78 is 11.5. The highest BCUT2D eigenvalue weighted by Gasteiger charge is 2.12. The highest BCUT2D eigenvalue weighted by atomic mass is 16.5. The second-order valence-electron chi connectivity index (χ2n) is 4.38. The largest absolute Gasteiger partial charge is 0.361 e. The predicted molar refractivity (Wildman–Crippen MR) is 76.7 cm³/mol. The summed E-state index contributed by atoms with van der Waals surface area (Å²) in [6.45, 7) is 18.2. The van der Waals surface area contributed by atoms with Crippen LogP contribution in [-0.4, -0.2) is 61.6 Å². The van der Waals surface area contributed by atoms with Crippen LogP contribution in [0.2, 0.25) is 0 Å². The minimum atomic E-state index is 0.173. The molecule has 110 valence electrons. The molecular formula is C14H32N2O2. The van der Waals surface area contributed by atoms with E-state index in [1.54, 1.807) is 0 Å². The van der Waals surface area contributed by atoms with Crippen molar-refractivity contribution in [2.45, 2.75) is 54.0 Å². The molecule has 0 fully saturated rings. The minimum absolute atomic E-state index is 0.173. The Balaban J connectivity index is 3.72. The number of rotatable bonds is 11. The lowest BCUT2D eigenvalue weighted by Crippen LogP contribution is -2.37. The van der Waals surface area contributed by atoms with Crippen LogP contribution in [0.4, 0.5) is 0 Å². The highest BCUT2D eigenvalue weighted by molar-refractivity contribution is 4.55. The molecule has 0 aliphatic rings. The maximum atomic E-state index is 5.77. The standard InChI is InChI=1S/C14H32N2O2/c1-7-15(8-2)13(5)17-11-12-18-14(6)16(9-3)10-4/h13-14H,7-12H2,1-6H3. The van der Waals surface area contributed by atoms with E-state index in [-0.39, 0.29) is 12.5 Å². The zero-order valence-electron chi connectivity index (χ0n) is 13.1. The fraction of sp³-hybridized carbons (Fsp3) is 1.00. The van der Waals surface area contributed by atoms with E-state index in [0.29, 0.717) is 13.2 Å². The van der Waals surface area contributed by atoms with E-state index in [9.17, 15) is 0 Å². The van der Waals surface area contributed by atoms with E-state index >= 15 is 0 Å². The summed E-state index contributed by atoms with van der Waals surface area (Å²) in [5, 5.41) is 0. The molecule has 0 radical (unpaired) electrons. The maximum Gasteiger partial charge on any atom is 0.107 e. The van der Waals surface area contributed by atoms with Gasteiger partial charge in [0.05, 0.1) is 13.2 Å². The lowest BCUT2D eigenvalue weighted by molar-refractivity contribution is -0.0969. The molecule has 0 saturated heterocycles. The van der Waals surface area contributed by atoms with Gasteiger partial charge in [-0.05, 0) is 40.0 Å². The third kappa shape index (κ3) is 6.69. The van der Waals surface area contributed by atoms with Crippen molar-refractivity contribution in [2.75, 3.05) is 39.4 Å². The minimum Gasteiger partial charge on any atom is -0.361 e. The summed E-state index contributed by atoms with van der Waals surface area (Å²) in [5.74, 6) is 0. The average Bonchev–Trinajstić information content (AvgIpc) is 2.37. The fourth-order valence-electron chi connectivity index (χ4n) is 2.12. The quantitative estimate of drug-likeness (QED) is 0.421. The molecule has 0 aromatic rings. The number of hydrogen-bond acceptors (Lipinski definition) is 4. The second kappa shape index (κ2) is 10.7. The number of ether oxygens (including phenoxy) is 2. The summed E-state index contributed by atoms with van der Waals surface area (Å²) >= 11 is 0. The van der Waals surface area contributed by atoms with Crippen molar-refractivity contribution in [3.63, 3.8) is 0 Å². The van der Waals surface area contributed by atoms with Gasteiger partial charge in [0.1, 0.15) is 12.5 Å². The predicted octanol–water partition coefficient (Wildman–Crippen LogP) is 2.40. The van der Waals surface area contributed by atoms with Gasteiger partial charge in [0.25, 0.3) is 0 Å². The van der Waals surface area contributed by atoms with Gasteiger partial charge < -0.3 is 9.47 Å². The first-order chi connectivity index (χ1) is 8.60. The molecular weight excluding hydrogens is 228 g/mol. The molecule has 4 nitrogen and oxygen atoms in total. The van der Waals surface area contributed by atoms with E-state index in [1.165, 1.54) is 0 Å². The van der Waals surface area contributed by atoms with Gasteiger partial charge in [-0.1, -0.05) is 27.7 Å². The van der Waals surface area contributed by atoms with Crippen LogP contribution in [0.25, 0.3) is 0 Å². The van der Waals surface area contributed by atoms with Crippen molar-refractivity contribution >= 4 is 0 Å². The topological polar surface area (TPSA) is 24.9 Å². The molecule has 0 N–H and O–H groups in total. The summed E-state index contributed by atoms with van der Waals surface area (Å²) in [6, 6.07) is 0. The zero-order chi connectivity index (χ0) is 14.0. The number of hydrogen-bond donors (Lipinski definition) is 0. The Hall–Kier alpha value is -0.160. The Morgan fingerprint density at radius 2 is 0.944 bits per heavy atom. The molecule has 0 bridgehead atoms. The molecule has 0 amide bonds. The molecule has 0 spiro atoms. The highest BCUT2D eigenvalue weighted by Crippen LogP contribution is 2.02. The van der Waals surface area contributed by atoms with Gasteiger partial charge in [0.15, 0.2) is 0 Å². The third-order valence-electron chi connectivity index (χ3n) is 3.45. The van der Waals surface area contributed by atoms with Crippen LogP contribution in [0.5, 0.6) is 0 Å². The number of nitrogens with zero attached hydrogens (tertiary/aromatic N) is 2. The smallest absolute Gasteiger partial charge is 0.107 e. The van der Waals surface area contributed by atoms with Crippen molar-refractivity contribution in [2.24, 2.45) is 0 Å². The first-order valence-corrected chi connectivity index (χ1v) is 7.31. The monoisotopic (exact) mass is 260 g/mol. The van der Waals surface area contributed by atoms with Gasteiger partial charge in [0, 0.05) is 0 Å². The van der Waals surface area contributed by atoms with Crippen LogP contribution >= 0.6 is 0 Å². The molecule has 4 heteroatoms. The van der Waals surface area contributed by atoms with Crippen molar-refractivity contribution in [1.29, 1.82) is 0 Å². The molecule has 0 aromatic carbocycles. The van der Waals surface area contributed by atoms with Crippen LogP contribution in [0, 0.1) is 0 Å². The molecule has 0 aliphatic heterocycles. The Morgan fingerprint density at radius 3 is 1.17 bits per heavy atom. The molecule has 18 heavy (non-hydrogen) atoms. The molecule has 0 rings (SSSR count). The summed E-state index contributed by atoms with van der Waals surface area (Å²) in [6.07, 6.45) is 0.347. The Morgan fingerprint density at radius 1 is 0.667 bits per heavy atom. The fourth-order valence-corrected chi connectivity index (χ4v) is 2.12. The summed E-state index contributed by atoms with van der Waals surface area (Å²) in [7, 11) is 0. The molecule has 0 heterocycles. The molecule has 0 aromatic heterocycles. The van der Waals surface area contributed by atoms with Crippen molar-refractivity contribution in [3.8, 4) is 0 Å². The average molecular weight is 260 g/mol. The van der Waals surface area contributed by atoms with E-state index in [1.807, 2.05) is 0 Å². The van der Waals surface area contributed by atoms with E-state index < -0.39 is 0 Å². The van der Waals surface area contributed by atoms with E-state index in [0.717, 1.165) is 26.2 Å². The van der Waals surface area contributed by atoms with Crippen LogP contribution in [0.3, 0.4) is 0 Å². The van der Waals surface area contributed by atoms with Gasteiger partial charge in [-0.2, -0.15) is 0 Å². The van der Waals surface area contributed by atoms with Crippen LogP contribution < -0.4 is 0 Å². The SMILES string of the molecule is CCN(CC)C(C)OCCOC(C)N(CC)CC. The molecule has 0 saturated carbocycles. The first-order valence-electron chi connectivity index (χ1n) is 7.31. The lowest BCUT2D eigenvalue weighted by Gasteiger charge is -2.28. The normalized spacial score (nSPS) is 15.3. The molecule has 2 unspecified atom stereocenters. The first kappa shape index (κ1) is 17.8. The van der Waals surface area contributed by atoms with Crippen LogP contribution in [-0.2, 0) is 9.47 Å². The third-order valence-corrected chi connectivity index (χ3v) is 3.45. The van der Waals surface area contributed by atoms with Gasteiger partial charge >= 0.3 is 0 Å². The van der Waals surface area contributed by atoms with Crippen LogP contribution in [0.15, 0.2) is 0 Å². The summed E-state index contributed by atoms with van der Waals surface area (Å²) in [4.78, 5) is 4.57. The van der Waals surface area contributed by atoms with Crippen molar-refractivity contribution in [3.05, 3.63) is 0 Å². The molecule has 2 atom stereocenters. The Kier molecular flexibility index (Phi) is 10.6.